The Hall–Kier alpha value is -1.99. The van der Waals surface area contributed by atoms with Crippen molar-refractivity contribution in [1.82, 2.24) is 9.97 Å². The molecular weight excluding hydrogens is 298 g/mol. The summed E-state index contributed by atoms with van der Waals surface area (Å²) in [5.41, 5.74) is 0.511. The normalized spacial score (nSPS) is 27.6. The van der Waals surface area contributed by atoms with E-state index in [0.29, 0.717) is 19.1 Å². The van der Waals surface area contributed by atoms with E-state index in [2.05, 4.69) is 32.2 Å². The molecule has 0 bridgehead atoms. The summed E-state index contributed by atoms with van der Waals surface area (Å²) >= 11 is 1.49. The Morgan fingerprint density at radius 1 is 1.55 bits per heavy atom. The van der Waals surface area contributed by atoms with Crippen LogP contribution in [0.3, 0.4) is 0 Å². The van der Waals surface area contributed by atoms with Gasteiger partial charge in [0.25, 0.3) is 6.02 Å². The second-order valence-electron chi connectivity index (χ2n) is 5.50. The number of hydrogen-bond donors (Lipinski definition) is 1. The van der Waals surface area contributed by atoms with Crippen molar-refractivity contribution in [3.8, 4) is 0 Å². The lowest BCUT2D eigenvalue weighted by Gasteiger charge is -2.45. The zero-order valence-electron chi connectivity index (χ0n) is 12.0. The average Bonchev–Trinajstić information content (AvgIpc) is 3.12. The maximum atomic E-state index is 6.11. The Bertz CT molecular complexity index is 709. The van der Waals surface area contributed by atoms with Gasteiger partial charge in [-0.25, -0.2) is 15.0 Å². The second-order valence-corrected chi connectivity index (χ2v) is 6.47. The average molecular weight is 314 g/mol. The monoisotopic (exact) mass is 314 g/mol. The number of rotatable bonds is 2. The highest BCUT2D eigenvalue weighted by Gasteiger charge is 2.42. The Morgan fingerprint density at radius 2 is 2.50 bits per heavy atom. The van der Waals surface area contributed by atoms with Crippen LogP contribution in [0.1, 0.15) is 6.42 Å². The van der Waals surface area contributed by atoms with Crippen molar-refractivity contribution in [3.63, 3.8) is 0 Å². The quantitative estimate of drug-likeness (QED) is 0.865. The van der Waals surface area contributed by atoms with E-state index in [4.69, 9.17) is 4.74 Å². The number of nitrogens with one attached hydrogen (secondary N) is 1. The summed E-state index contributed by atoms with van der Waals surface area (Å²) < 4.78 is 6.11. The third-order valence-corrected chi connectivity index (χ3v) is 5.00. The van der Waals surface area contributed by atoms with Gasteiger partial charge in [0.15, 0.2) is 5.13 Å². The number of anilines is 1. The predicted molar refractivity (Wildman–Crippen MR) is 88.6 cm³/mol. The molecule has 1 spiro atoms. The molecule has 1 saturated heterocycles. The number of hydrogen-bond acceptors (Lipinski definition) is 6. The molecule has 0 aromatic carbocycles. The summed E-state index contributed by atoms with van der Waals surface area (Å²) in [6.45, 7) is 6.07. The van der Waals surface area contributed by atoms with Crippen LogP contribution in [-0.2, 0) is 4.74 Å². The van der Waals surface area contributed by atoms with Gasteiger partial charge in [-0.3, -0.25) is 5.32 Å². The molecule has 2 aromatic rings. The number of thiazole rings is 1. The van der Waals surface area contributed by atoms with Crippen molar-refractivity contribution in [2.24, 2.45) is 10.9 Å². The second kappa shape index (κ2) is 5.33. The van der Waals surface area contributed by atoms with E-state index in [0.717, 1.165) is 28.4 Å². The minimum Gasteiger partial charge on any atom is -0.659 e. The molecule has 2 aliphatic rings. The molecule has 0 saturated carbocycles. The Balaban J connectivity index is 1.51. The first-order chi connectivity index (χ1) is 10.8. The molecule has 0 unspecified atom stereocenters. The minimum atomic E-state index is -0.364. The highest BCUT2D eigenvalue weighted by molar-refractivity contribution is 7.21. The Morgan fingerprint density at radius 3 is 3.36 bits per heavy atom. The molecule has 2 aromatic heterocycles. The van der Waals surface area contributed by atoms with Crippen LogP contribution in [0.5, 0.6) is 0 Å². The van der Waals surface area contributed by atoms with Crippen molar-refractivity contribution in [1.29, 1.82) is 0 Å². The molecule has 2 atom stereocenters. The maximum absolute atomic E-state index is 6.11. The van der Waals surface area contributed by atoms with Crippen LogP contribution in [0.25, 0.3) is 15.7 Å². The highest BCUT2D eigenvalue weighted by Crippen LogP contribution is 2.36. The molecule has 1 fully saturated rings. The smallest absolute Gasteiger partial charge is 0.291 e. The number of amidine groups is 1. The summed E-state index contributed by atoms with van der Waals surface area (Å²) in [7, 11) is 0. The van der Waals surface area contributed by atoms with E-state index in [1.807, 2.05) is 18.2 Å². The molecule has 7 heteroatoms. The minimum absolute atomic E-state index is 0.282. The highest BCUT2D eigenvalue weighted by atomic mass is 32.1. The third-order valence-electron chi connectivity index (χ3n) is 4.11. The first-order valence-electron chi connectivity index (χ1n) is 7.27. The SMILES string of the molecule is C=C[C@H]1CC[N-]C[C@@]12CN=C(Nc1nc3cccnc3s1)O2. The van der Waals surface area contributed by atoms with Crippen molar-refractivity contribution >= 4 is 32.8 Å². The fourth-order valence-corrected chi connectivity index (χ4v) is 3.73. The standard InChI is InChI=1S/C15H16N5OS/c1-2-10-5-7-16-8-15(10)9-18-13(21-15)20-14-19-11-4-3-6-17-12(11)22-14/h2-4,6,10H,1,5,7-9H2,(H,18,19,20)/q-1/t10-,15+/m0/s1. The number of fused-ring (bicyclic) bond motifs is 1. The Labute approximate surface area is 132 Å². The fourth-order valence-electron chi connectivity index (χ4n) is 2.93. The van der Waals surface area contributed by atoms with Crippen LogP contribution in [-0.4, -0.2) is 41.2 Å². The van der Waals surface area contributed by atoms with E-state index < -0.39 is 0 Å². The van der Waals surface area contributed by atoms with Gasteiger partial charge < -0.3 is 10.1 Å². The van der Waals surface area contributed by atoms with Gasteiger partial charge in [-0.15, -0.1) is 19.7 Å². The zero-order chi connectivity index (χ0) is 15.0. The number of aliphatic imine (C=N–C) groups is 1. The molecule has 4 rings (SSSR count). The molecule has 0 aliphatic carbocycles. The molecule has 6 nitrogen and oxygen atoms in total. The first-order valence-corrected chi connectivity index (χ1v) is 8.09. The van der Waals surface area contributed by atoms with Gasteiger partial charge in [0.1, 0.15) is 15.9 Å². The predicted octanol–water partition coefficient (Wildman–Crippen LogP) is 2.81. The van der Waals surface area contributed by atoms with Gasteiger partial charge in [-0.2, -0.15) is 0 Å². The topological polar surface area (TPSA) is 73.5 Å². The lowest BCUT2D eigenvalue weighted by atomic mass is 9.82. The number of aromatic nitrogens is 2. The summed E-state index contributed by atoms with van der Waals surface area (Å²) in [6.07, 6.45) is 4.70. The van der Waals surface area contributed by atoms with Crippen LogP contribution in [0, 0.1) is 5.92 Å². The van der Waals surface area contributed by atoms with Crippen molar-refractivity contribution in [3.05, 3.63) is 36.3 Å². The van der Waals surface area contributed by atoms with Gasteiger partial charge >= 0.3 is 0 Å². The molecule has 1 N–H and O–H groups in total. The van der Waals surface area contributed by atoms with Gasteiger partial charge in [-0.1, -0.05) is 23.8 Å². The lowest BCUT2D eigenvalue weighted by molar-refractivity contribution is 0.0461. The summed E-state index contributed by atoms with van der Waals surface area (Å²) in [4.78, 5) is 14.2. The van der Waals surface area contributed by atoms with Crippen molar-refractivity contribution < 1.29 is 4.74 Å². The van der Waals surface area contributed by atoms with Crippen LogP contribution in [0.15, 0.2) is 36.0 Å². The largest absolute Gasteiger partial charge is 0.659 e. The van der Waals surface area contributed by atoms with E-state index >= 15 is 0 Å². The van der Waals surface area contributed by atoms with E-state index in [1.165, 1.54) is 11.3 Å². The number of ether oxygens (including phenoxy) is 1. The molecule has 2 aliphatic heterocycles. The van der Waals surface area contributed by atoms with E-state index in [-0.39, 0.29) is 11.5 Å². The van der Waals surface area contributed by atoms with Crippen LogP contribution < -0.4 is 5.32 Å². The fraction of sp³-hybridized carbons (Fsp3) is 0.400. The maximum Gasteiger partial charge on any atom is 0.291 e. The molecule has 4 heterocycles. The molecular formula is C15H16N5OS-. The number of pyridine rings is 1. The van der Waals surface area contributed by atoms with Gasteiger partial charge in [0, 0.05) is 12.1 Å². The summed E-state index contributed by atoms with van der Waals surface area (Å²) in [5.74, 6) is 0.282. The summed E-state index contributed by atoms with van der Waals surface area (Å²) in [5, 5.41) is 8.40. The Kier molecular flexibility index (Phi) is 3.31. The molecule has 0 amide bonds. The van der Waals surface area contributed by atoms with Gasteiger partial charge in [-0.05, 0) is 12.1 Å². The molecule has 114 valence electrons. The number of piperidine rings is 1. The van der Waals surface area contributed by atoms with Gasteiger partial charge in [0.05, 0.1) is 6.54 Å². The molecule has 0 radical (unpaired) electrons. The van der Waals surface area contributed by atoms with E-state index in [9.17, 15) is 0 Å². The molecule has 22 heavy (non-hydrogen) atoms. The lowest BCUT2D eigenvalue weighted by Crippen LogP contribution is -2.47. The first kappa shape index (κ1) is 13.7. The zero-order valence-corrected chi connectivity index (χ0v) is 12.8. The van der Waals surface area contributed by atoms with Crippen LogP contribution in [0.4, 0.5) is 5.13 Å². The third kappa shape index (κ3) is 2.26. The number of nitrogens with zero attached hydrogens (tertiary/aromatic N) is 4. The summed E-state index contributed by atoms with van der Waals surface area (Å²) in [6, 6.07) is 4.34. The van der Waals surface area contributed by atoms with E-state index in [1.54, 1.807) is 6.20 Å². The van der Waals surface area contributed by atoms with Crippen molar-refractivity contribution in [2.75, 3.05) is 25.0 Å². The van der Waals surface area contributed by atoms with Crippen LogP contribution >= 0.6 is 11.3 Å². The van der Waals surface area contributed by atoms with Crippen molar-refractivity contribution in [2.45, 2.75) is 12.0 Å². The van der Waals surface area contributed by atoms with Crippen LogP contribution in [0.2, 0.25) is 0 Å². The van der Waals surface area contributed by atoms with Gasteiger partial charge in [0.2, 0.25) is 0 Å².